The van der Waals surface area contributed by atoms with Crippen LogP contribution in [-0.2, 0) is 4.79 Å². The number of carbonyl (C=O) groups excluding carboxylic acids is 1. The number of halogens is 1. The van der Waals surface area contributed by atoms with Crippen LogP contribution in [0.1, 0.15) is 39.0 Å². The van der Waals surface area contributed by atoms with E-state index in [0.717, 1.165) is 25.4 Å². The van der Waals surface area contributed by atoms with Gasteiger partial charge in [0.2, 0.25) is 5.91 Å². The zero-order chi connectivity index (χ0) is 10.7. The monoisotopic (exact) mass is 246 g/mol. The summed E-state index contributed by atoms with van der Waals surface area (Å²) in [5.41, 5.74) is 0. The predicted molar refractivity (Wildman–Crippen MR) is 67.8 cm³/mol. The standard InChI is InChI=1S/C12H22N2O.ClH/c1-2-9-4-3-5-11(9)14-12(15)10-6-7-13-8-10;/h9-11,13H,2-8H2,1H3,(H,14,15);1H. The van der Waals surface area contributed by atoms with Gasteiger partial charge in [0.05, 0.1) is 5.92 Å². The van der Waals surface area contributed by atoms with E-state index in [0.29, 0.717) is 6.04 Å². The molecule has 0 aromatic heterocycles. The molecule has 94 valence electrons. The van der Waals surface area contributed by atoms with E-state index in [1.807, 2.05) is 0 Å². The number of nitrogens with one attached hydrogen (secondary N) is 2. The molecule has 4 heteroatoms. The summed E-state index contributed by atoms with van der Waals surface area (Å²) in [6.45, 7) is 4.10. The summed E-state index contributed by atoms with van der Waals surface area (Å²) in [5.74, 6) is 1.23. The Bertz CT molecular complexity index is 229. The van der Waals surface area contributed by atoms with E-state index in [1.165, 1.54) is 25.7 Å². The van der Waals surface area contributed by atoms with Crippen LogP contribution in [0.5, 0.6) is 0 Å². The number of rotatable bonds is 3. The van der Waals surface area contributed by atoms with Crippen molar-refractivity contribution >= 4 is 18.3 Å². The lowest BCUT2D eigenvalue weighted by atomic mass is 9.99. The third kappa shape index (κ3) is 3.11. The minimum atomic E-state index is 0. The molecule has 1 aliphatic carbocycles. The van der Waals surface area contributed by atoms with Crippen LogP contribution < -0.4 is 10.6 Å². The van der Waals surface area contributed by atoms with Gasteiger partial charge in [-0.1, -0.05) is 19.8 Å². The first-order valence-corrected chi connectivity index (χ1v) is 6.32. The summed E-state index contributed by atoms with van der Waals surface area (Å²) in [7, 11) is 0. The molecular weight excluding hydrogens is 224 g/mol. The van der Waals surface area contributed by atoms with Crippen molar-refractivity contribution in [2.24, 2.45) is 11.8 Å². The van der Waals surface area contributed by atoms with Crippen LogP contribution in [0.25, 0.3) is 0 Å². The molecule has 2 N–H and O–H groups in total. The zero-order valence-corrected chi connectivity index (χ0v) is 10.8. The van der Waals surface area contributed by atoms with Crippen LogP contribution in [0.4, 0.5) is 0 Å². The van der Waals surface area contributed by atoms with Gasteiger partial charge in [0.15, 0.2) is 0 Å². The fraction of sp³-hybridized carbons (Fsp3) is 0.917. The molecule has 2 aliphatic rings. The van der Waals surface area contributed by atoms with Crippen molar-refractivity contribution in [3.63, 3.8) is 0 Å². The van der Waals surface area contributed by atoms with Crippen LogP contribution in [-0.4, -0.2) is 25.0 Å². The Morgan fingerprint density at radius 1 is 1.38 bits per heavy atom. The molecule has 0 aromatic carbocycles. The number of hydrogen-bond acceptors (Lipinski definition) is 2. The van der Waals surface area contributed by atoms with Gasteiger partial charge < -0.3 is 10.6 Å². The number of carbonyl (C=O) groups is 1. The Hall–Kier alpha value is -0.280. The van der Waals surface area contributed by atoms with Gasteiger partial charge in [0.1, 0.15) is 0 Å². The smallest absolute Gasteiger partial charge is 0.224 e. The van der Waals surface area contributed by atoms with Crippen molar-refractivity contribution in [2.45, 2.75) is 45.1 Å². The molecule has 3 atom stereocenters. The van der Waals surface area contributed by atoms with E-state index in [2.05, 4.69) is 17.6 Å². The second-order valence-electron chi connectivity index (χ2n) is 4.90. The van der Waals surface area contributed by atoms with Crippen molar-refractivity contribution < 1.29 is 4.79 Å². The second kappa shape index (κ2) is 6.45. The summed E-state index contributed by atoms with van der Waals surface area (Å²) in [6, 6.07) is 0.461. The summed E-state index contributed by atoms with van der Waals surface area (Å²) in [6.07, 6.45) is 5.98. The van der Waals surface area contributed by atoms with Crippen molar-refractivity contribution in [1.29, 1.82) is 0 Å². The van der Waals surface area contributed by atoms with Crippen LogP contribution in [0.15, 0.2) is 0 Å². The van der Waals surface area contributed by atoms with Crippen LogP contribution >= 0.6 is 12.4 Å². The highest BCUT2D eigenvalue weighted by molar-refractivity contribution is 5.85. The molecule has 1 heterocycles. The third-order valence-corrected chi connectivity index (χ3v) is 3.94. The Kier molecular flexibility index (Phi) is 5.56. The molecule has 1 saturated heterocycles. The average Bonchev–Trinajstić information content (AvgIpc) is 2.87. The molecule has 1 aliphatic heterocycles. The maximum Gasteiger partial charge on any atom is 0.224 e. The minimum absolute atomic E-state index is 0. The lowest BCUT2D eigenvalue weighted by Crippen LogP contribution is -2.41. The van der Waals surface area contributed by atoms with Gasteiger partial charge in [0, 0.05) is 12.6 Å². The predicted octanol–water partition coefficient (Wildman–Crippen LogP) is 1.71. The van der Waals surface area contributed by atoms with E-state index < -0.39 is 0 Å². The van der Waals surface area contributed by atoms with Gasteiger partial charge in [-0.05, 0) is 31.7 Å². The first-order valence-electron chi connectivity index (χ1n) is 6.32. The summed E-state index contributed by atoms with van der Waals surface area (Å²) in [5, 5.41) is 6.49. The first kappa shape index (κ1) is 13.8. The highest BCUT2D eigenvalue weighted by Gasteiger charge is 2.30. The Morgan fingerprint density at radius 3 is 2.81 bits per heavy atom. The molecule has 16 heavy (non-hydrogen) atoms. The molecule has 0 bridgehead atoms. The molecule has 3 unspecified atom stereocenters. The fourth-order valence-corrected chi connectivity index (χ4v) is 2.89. The Labute approximate surface area is 104 Å². The average molecular weight is 247 g/mol. The summed E-state index contributed by atoms with van der Waals surface area (Å²) in [4.78, 5) is 11.9. The van der Waals surface area contributed by atoms with Gasteiger partial charge in [-0.25, -0.2) is 0 Å². The highest BCUT2D eigenvalue weighted by atomic mass is 35.5. The van der Waals surface area contributed by atoms with Crippen LogP contribution in [0, 0.1) is 11.8 Å². The minimum Gasteiger partial charge on any atom is -0.353 e. The van der Waals surface area contributed by atoms with E-state index >= 15 is 0 Å². The van der Waals surface area contributed by atoms with Crippen molar-refractivity contribution in [3.8, 4) is 0 Å². The van der Waals surface area contributed by atoms with Gasteiger partial charge >= 0.3 is 0 Å². The second-order valence-corrected chi connectivity index (χ2v) is 4.90. The topological polar surface area (TPSA) is 41.1 Å². The molecule has 0 spiro atoms. The van der Waals surface area contributed by atoms with Crippen LogP contribution in [0.2, 0.25) is 0 Å². The maximum atomic E-state index is 11.9. The van der Waals surface area contributed by atoms with E-state index in [4.69, 9.17) is 0 Å². The molecule has 0 radical (unpaired) electrons. The van der Waals surface area contributed by atoms with Gasteiger partial charge in [-0.15, -0.1) is 12.4 Å². The van der Waals surface area contributed by atoms with Crippen molar-refractivity contribution in [3.05, 3.63) is 0 Å². The van der Waals surface area contributed by atoms with E-state index in [1.54, 1.807) is 0 Å². The molecular formula is C12H23ClN2O. The molecule has 2 rings (SSSR count). The molecule has 0 aromatic rings. The van der Waals surface area contributed by atoms with Crippen LogP contribution in [0.3, 0.4) is 0 Å². The summed E-state index contributed by atoms with van der Waals surface area (Å²) >= 11 is 0. The van der Waals surface area contributed by atoms with E-state index in [-0.39, 0.29) is 24.2 Å². The zero-order valence-electron chi connectivity index (χ0n) is 10.00. The number of amides is 1. The highest BCUT2D eigenvalue weighted by Crippen LogP contribution is 2.28. The number of hydrogen-bond donors (Lipinski definition) is 2. The van der Waals surface area contributed by atoms with Gasteiger partial charge in [0.25, 0.3) is 0 Å². The lowest BCUT2D eigenvalue weighted by Gasteiger charge is -2.21. The van der Waals surface area contributed by atoms with Crippen molar-refractivity contribution in [1.82, 2.24) is 10.6 Å². The molecule has 3 nitrogen and oxygen atoms in total. The van der Waals surface area contributed by atoms with Gasteiger partial charge in [-0.3, -0.25) is 4.79 Å². The SMILES string of the molecule is CCC1CCCC1NC(=O)C1CCNC1.Cl. The first-order chi connectivity index (χ1) is 7.31. The maximum absolute atomic E-state index is 11.9. The molecule has 2 fully saturated rings. The lowest BCUT2D eigenvalue weighted by molar-refractivity contribution is -0.125. The molecule has 1 amide bonds. The third-order valence-electron chi connectivity index (χ3n) is 3.94. The fourth-order valence-electron chi connectivity index (χ4n) is 2.89. The molecule has 1 saturated carbocycles. The Balaban J connectivity index is 0.00000128. The van der Waals surface area contributed by atoms with Crippen molar-refractivity contribution in [2.75, 3.05) is 13.1 Å². The Morgan fingerprint density at radius 2 is 2.19 bits per heavy atom. The summed E-state index contributed by atoms with van der Waals surface area (Å²) < 4.78 is 0. The van der Waals surface area contributed by atoms with E-state index in [9.17, 15) is 4.79 Å². The largest absolute Gasteiger partial charge is 0.353 e. The normalized spacial score (nSPS) is 33.4. The van der Waals surface area contributed by atoms with Gasteiger partial charge in [-0.2, -0.15) is 0 Å². The quantitative estimate of drug-likeness (QED) is 0.796.